The smallest absolute Gasteiger partial charge is 0.424 e. The van der Waals surface area contributed by atoms with Gasteiger partial charge in [0.15, 0.2) is 0 Å². The van der Waals surface area contributed by atoms with Crippen LogP contribution in [-0.4, -0.2) is 37.8 Å². The maximum atomic E-state index is 11.8. The highest BCUT2D eigenvalue weighted by Gasteiger charge is 2.26. The molecule has 0 saturated carbocycles. The molecule has 1 saturated heterocycles. The van der Waals surface area contributed by atoms with Crippen LogP contribution in [-0.2, 0) is 4.74 Å². The van der Waals surface area contributed by atoms with Gasteiger partial charge in [-0.1, -0.05) is 45.8 Å². The second kappa shape index (κ2) is 7.89. The van der Waals surface area contributed by atoms with E-state index in [1.165, 1.54) is 5.56 Å². The zero-order valence-corrected chi connectivity index (χ0v) is 16.0. The van der Waals surface area contributed by atoms with Crippen molar-refractivity contribution in [1.82, 2.24) is 10.4 Å². The Hall–Kier alpha value is -2.05. The summed E-state index contributed by atoms with van der Waals surface area (Å²) in [5.41, 5.74) is 6.78. The fourth-order valence-corrected chi connectivity index (χ4v) is 3.15. The molecule has 0 unspecified atom stereocenters. The van der Waals surface area contributed by atoms with Gasteiger partial charge in [-0.15, -0.1) is 0 Å². The molecule has 5 nitrogen and oxygen atoms in total. The van der Waals surface area contributed by atoms with E-state index < -0.39 is 0 Å². The molecule has 1 amide bonds. The second-order valence-electron chi connectivity index (χ2n) is 6.22. The lowest BCUT2D eigenvalue weighted by molar-refractivity contribution is 0.139. The van der Waals surface area contributed by atoms with Gasteiger partial charge >= 0.3 is 6.09 Å². The third-order valence-corrected chi connectivity index (χ3v) is 4.77. The first-order valence-electron chi connectivity index (χ1n) is 8.26. The summed E-state index contributed by atoms with van der Waals surface area (Å²) >= 11 is 3.47. The molecule has 25 heavy (non-hydrogen) atoms. The Bertz CT molecular complexity index is 736. The first kappa shape index (κ1) is 17.8. The summed E-state index contributed by atoms with van der Waals surface area (Å²) in [6.45, 7) is 3.77. The summed E-state index contributed by atoms with van der Waals surface area (Å²) in [6, 6.07) is 16.5. The number of nitrogens with zero attached hydrogens (tertiary/aromatic N) is 2. The summed E-state index contributed by atoms with van der Waals surface area (Å²) in [6.07, 6.45) is -0.316. The van der Waals surface area contributed by atoms with Crippen molar-refractivity contribution in [3.63, 3.8) is 0 Å². The van der Waals surface area contributed by atoms with Crippen LogP contribution in [0.15, 0.2) is 53.0 Å². The lowest BCUT2D eigenvalue weighted by Crippen LogP contribution is -2.44. The molecule has 1 fully saturated rings. The van der Waals surface area contributed by atoms with E-state index >= 15 is 0 Å². The van der Waals surface area contributed by atoms with E-state index in [9.17, 15) is 4.79 Å². The monoisotopic (exact) mass is 403 g/mol. The van der Waals surface area contributed by atoms with Crippen LogP contribution in [0.25, 0.3) is 0 Å². The van der Waals surface area contributed by atoms with Crippen LogP contribution < -0.4 is 10.3 Å². The summed E-state index contributed by atoms with van der Waals surface area (Å²) < 4.78 is 6.09. The molecule has 0 spiro atoms. The van der Waals surface area contributed by atoms with E-state index in [0.717, 1.165) is 22.3 Å². The Morgan fingerprint density at radius 3 is 2.68 bits per heavy atom. The molecule has 2 aromatic rings. The van der Waals surface area contributed by atoms with Gasteiger partial charge in [-0.2, -0.15) is 0 Å². The Labute approximate surface area is 156 Å². The number of hydrazine groups is 1. The number of anilines is 1. The van der Waals surface area contributed by atoms with Gasteiger partial charge in [0.25, 0.3) is 0 Å². The van der Waals surface area contributed by atoms with Gasteiger partial charge in [-0.05, 0) is 36.8 Å². The highest BCUT2D eigenvalue weighted by molar-refractivity contribution is 9.10. The molecular formula is C19H22BrN3O2. The molecule has 0 aliphatic carbocycles. The number of benzene rings is 2. The Morgan fingerprint density at radius 1 is 1.28 bits per heavy atom. The molecule has 3 rings (SSSR count). The summed E-state index contributed by atoms with van der Waals surface area (Å²) in [5.74, 6) is 0. The van der Waals surface area contributed by atoms with Crippen LogP contribution in [0.2, 0.25) is 0 Å². The van der Waals surface area contributed by atoms with Crippen molar-refractivity contribution < 1.29 is 9.53 Å². The number of hydrogen-bond acceptors (Lipinski definition) is 4. The van der Waals surface area contributed by atoms with E-state index in [-0.39, 0.29) is 12.1 Å². The molecule has 0 bridgehead atoms. The van der Waals surface area contributed by atoms with Gasteiger partial charge in [0, 0.05) is 23.8 Å². The summed E-state index contributed by atoms with van der Waals surface area (Å²) in [5, 5.41) is 1.56. The number of carbonyl (C=O) groups is 1. The number of rotatable bonds is 6. The molecule has 1 atom stereocenters. The number of hydrogen-bond donors (Lipinski definition) is 1. The minimum atomic E-state index is -0.316. The molecule has 1 aliphatic rings. The number of likely N-dealkylation sites (N-methyl/N-ethyl adjacent to an activating group) is 1. The number of amides is 1. The quantitative estimate of drug-likeness (QED) is 0.794. The van der Waals surface area contributed by atoms with Crippen molar-refractivity contribution in [1.29, 1.82) is 0 Å². The summed E-state index contributed by atoms with van der Waals surface area (Å²) in [4.78, 5) is 14.0. The predicted octanol–water partition coefficient (Wildman–Crippen LogP) is 3.89. The first-order chi connectivity index (χ1) is 12.0. The molecule has 132 valence electrons. The van der Waals surface area contributed by atoms with Crippen LogP contribution >= 0.6 is 15.9 Å². The van der Waals surface area contributed by atoms with Crippen molar-refractivity contribution in [3.05, 3.63) is 64.1 Å². The standard InChI is InChI=1S/C19H22BrN3O2/c1-14-4-3-5-15(12-14)18(21-23-10-11-25-19(23)24)13-22(2)17-8-6-16(20)7-9-17/h3-9,12,18,21H,10-11,13H2,1-2H3/t18-/m0/s1. The molecule has 0 radical (unpaired) electrons. The lowest BCUT2D eigenvalue weighted by atomic mass is 10.0. The van der Waals surface area contributed by atoms with Gasteiger partial charge in [-0.3, -0.25) is 0 Å². The third kappa shape index (κ3) is 4.52. The molecule has 1 heterocycles. The lowest BCUT2D eigenvalue weighted by Gasteiger charge is -2.29. The SMILES string of the molecule is Cc1cccc([C@H](CN(C)c2ccc(Br)cc2)NN2CCOC2=O)c1. The van der Waals surface area contributed by atoms with Gasteiger partial charge in [0.1, 0.15) is 6.61 Å². The van der Waals surface area contributed by atoms with Crippen LogP contribution in [0.3, 0.4) is 0 Å². The second-order valence-corrected chi connectivity index (χ2v) is 7.13. The van der Waals surface area contributed by atoms with E-state index in [4.69, 9.17) is 4.74 Å². The fourth-order valence-electron chi connectivity index (χ4n) is 2.88. The molecule has 0 aromatic heterocycles. The van der Waals surface area contributed by atoms with Crippen LogP contribution in [0, 0.1) is 6.92 Å². The van der Waals surface area contributed by atoms with Crippen LogP contribution in [0.5, 0.6) is 0 Å². The third-order valence-electron chi connectivity index (χ3n) is 4.24. The average Bonchev–Trinajstić information content (AvgIpc) is 2.99. The Kier molecular flexibility index (Phi) is 5.60. The van der Waals surface area contributed by atoms with Gasteiger partial charge in [0.05, 0.1) is 12.6 Å². The average molecular weight is 404 g/mol. The number of halogens is 1. The Morgan fingerprint density at radius 2 is 2.04 bits per heavy atom. The zero-order chi connectivity index (χ0) is 17.8. The number of nitrogens with one attached hydrogen (secondary N) is 1. The number of carbonyl (C=O) groups excluding carboxylic acids is 1. The fraction of sp³-hybridized carbons (Fsp3) is 0.316. The first-order valence-corrected chi connectivity index (χ1v) is 9.06. The highest BCUT2D eigenvalue weighted by Crippen LogP contribution is 2.22. The van der Waals surface area contributed by atoms with E-state index in [0.29, 0.717) is 13.2 Å². The van der Waals surface area contributed by atoms with Crippen LogP contribution in [0.4, 0.5) is 10.5 Å². The summed E-state index contributed by atoms with van der Waals surface area (Å²) in [7, 11) is 2.05. The van der Waals surface area contributed by atoms with Crippen molar-refractivity contribution in [2.75, 3.05) is 31.6 Å². The molecule has 2 aromatic carbocycles. The van der Waals surface area contributed by atoms with E-state index in [1.54, 1.807) is 5.01 Å². The van der Waals surface area contributed by atoms with Crippen LogP contribution in [0.1, 0.15) is 17.2 Å². The Balaban J connectivity index is 1.80. The van der Waals surface area contributed by atoms with Crippen molar-refractivity contribution >= 4 is 27.7 Å². The maximum absolute atomic E-state index is 11.8. The van der Waals surface area contributed by atoms with Crippen molar-refractivity contribution in [2.24, 2.45) is 0 Å². The molecule has 1 N–H and O–H groups in total. The highest BCUT2D eigenvalue weighted by atomic mass is 79.9. The largest absolute Gasteiger partial charge is 0.447 e. The number of ether oxygens (including phenoxy) is 1. The van der Waals surface area contributed by atoms with Crippen molar-refractivity contribution in [2.45, 2.75) is 13.0 Å². The predicted molar refractivity (Wildman–Crippen MR) is 103 cm³/mol. The minimum absolute atomic E-state index is 0.0285. The van der Waals surface area contributed by atoms with E-state index in [1.807, 2.05) is 18.2 Å². The van der Waals surface area contributed by atoms with Gasteiger partial charge < -0.3 is 9.64 Å². The maximum Gasteiger partial charge on any atom is 0.424 e. The molecule has 1 aliphatic heterocycles. The van der Waals surface area contributed by atoms with Gasteiger partial charge in [0.2, 0.25) is 0 Å². The molecule has 6 heteroatoms. The topological polar surface area (TPSA) is 44.8 Å². The number of aryl methyl sites for hydroxylation is 1. The number of cyclic esters (lactones) is 1. The van der Waals surface area contributed by atoms with Gasteiger partial charge in [-0.25, -0.2) is 15.2 Å². The van der Waals surface area contributed by atoms with Crippen molar-refractivity contribution in [3.8, 4) is 0 Å². The molecular weight excluding hydrogens is 382 g/mol. The normalized spacial score (nSPS) is 15.2. The zero-order valence-electron chi connectivity index (χ0n) is 14.4. The minimum Gasteiger partial charge on any atom is -0.447 e. The van der Waals surface area contributed by atoms with E-state index in [2.05, 4.69) is 70.6 Å².